The van der Waals surface area contributed by atoms with Gasteiger partial charge in [0.15, 0.2) is 0 Å². The highest BCUT2D eigenvalue weighted by atomic mass is 79.9. The number of nitrogens with zero attached hydrogens (tertiary/aromatic N) is 1. The zero-order chi connectivity index (χ0) is 19.5. The third-order valence-corrected chi connectivity index (χ3v) is 4.95. The lowest BCUT2D eigenvalue weighted by atomic mass is 10.1. The van der Waals surface area contributed by atoms with Gasteiger partial charge in [0.1, 0.15) is 5.75 Å². The van der Waals surface area contributed by atoms with Crippen LogP contribution in [0.5, 0.6) is 5.75 Å². The number of rotatable bonds is 3. The molecule has 5 nitrogen and oxygen atoms in total. The summed E-state index contributed by atoms with van der Waals surface area (Å²) >= 11 is 3.35. The monoisotopic (exact) mass is 435 g/mol. The van der Waals surface area contributed by atoms with E-state index in [0.29, 0.717) is 11.1 Å². The summed E-state index contributed by atoms with van der Waals surface area (Å²) in [4.78, 5) is 19.8. The molecular formula is C22H18BrN3O2. The molecule has 4 aromatic rings. The highest BCUT2D eigenvalue weighted by Crippen LogP contribution is 2.26. The van der Waals surface area contributed by atoms with Crippen molar-refractivity contribution in [1.29, 1.82) is 0 Å². The summed E-state index contributed by atoms with van der Waals surface area (Å²) in [5.74, 6) is 0.449. The lowest BCUT2D eigenvalue weighted by Gasteiger charge is -2.01. The molecule has 0 spiro atoms. The van der Waals surface area contributed by atoms with Crippen LogP contribution in [0, 0.1) is 0 Å². The van der Waals surface area contributed by atoms with E-state index in [1.54, 1.807) is 18.2 Å². The van der Waals surface area contributed by atoms with Crippen molar-refractivity contribution in [2.24, 2.45) is 4.99 Å². The van der Waals surface area contributed by atoms with Gasteiger partial charge in [-0.2, -0.15) is 4.99 Å². The van der Waals surface area contributed by atoms with Crippen LogP contribution < -0.4 is 15.4 Å². The number of hydrogen-bond acceptors (Lipinski definition) is 3. The van der Waals surface area contributed by atoms with Crippen molar-refractivity contribution in [1.82, 2.24) is 10.3 Å². The number of aromatic amines is 1. The van der Waals surface area contributed by atoms with Gasteiger partial charge in [-0.3, -0.25) is 0 Å². The van der Waals surface area contributed by atoms with E-state index in [-0.39, 0.29) is 0 Å². The molecule has 0 radical (unpaired) electrons. The molecule has 3 aromatic carbocycles. The Morgan fingerprint density at radius 1 is 1.07 bits per heavy atom. The number of aromatic nitrogens is 1. The fourth-order valence-corrected chi connectivity index (χ4v) is 3.45. The number of carbonyl (C=O) groups is 1. The van der Waals surface area contributed by atoms with Crippen molar-refractivity contribution in [2.75, 3.05) is 7.05 Å². The molecule has 1 heterocycles. The molecular weight excluding hydrogens is 418 g/mol. The van der Waals surface area contributed by atoms with Crippen LogP contribution in [-0.4, -0.2) is 18.1 Å². The van der Waals surface area contributed by atoms with E-state index < -0.39 is 6.09 Å². The predicted octanol–water partition coefficient (Wildman–Crippen LogP) is 4.90. The van der Waals surface area contributed by atoms with Crippen molar-refractivity contribution >= 4 is 43.8 Å². The van der Waals surface area contributed by atoms with Crippen LogP contribution in [0.2, 0.25) is 0 Å². The smallest absolute Gasteiger partial charge is 0.409 e. The first-order chi connectivity index (χ1) is 13.6. The number of benzene rings is 2. The number of carbonyl (C=O) groups excluding carboxylic acids is 1. The van der Waals surface area contributed by atoms with E-state index in [0.717, 1.165) is 32.8 Å². The lowest BCUT2D eigenvalue weighted by molar-refractivity contribution is 0.210. The fourth-order valence-electron chi connectivity index (χ4n) is 3.19. The summed E-state index contributed by atoms with van der Waals surface area (Å²) in [5, 5.41) is 5.94. The Bertz CT molecular complexity index is 1230. The molecule has 0 aliphatic carbocycles. The average Bonchev–Trinajstić information content (AvgIpc) is 2.90. The van der Waals surface area contributed by atoms with E-state index in [4.69, 9.17) is 4.74 Å². The van der Waals surface area contributed by atoms with Crippen LogP contribution in [0.4, 0.5) is 4.79 Å². The summed E-state index contributed by atoms with van der Waals surface area (Å²) in [6, 6.07) is 20.8. The first-order valence-electron chi connectivity index (χ1n) is 8.84. The second kappa shape index (κ2) is 7.96. The van der Waals surface area contributed by atoms with Gasteiger partial charge in [0.05, 0.1) is 10.9 Å². The maximum Gasteiger partial charge on any atom is 0.439 e. The first-order valence-corrected chi connectivity index (χ1v) is 9.64. The quantitative estimate of drug-likeness (QED) is 0.480. The van der Waals surface area contributed by atoms with Crippen LogP contribution >= 0.6 is 15.9 Å². The van der Waals surface area contributed by atoms with Gasteiger partial charge in [-0.25, -0.2) is 4.79 Å². The van der Waals surface area contributed by atoms with Gasteiger partial charge in [0, 0.05) is 27.3 Å². The Hall–Kier alpha value is -2.96. The van der Waals surface area contributed by atoms with Gasteiger partial charge < -0.3 is 15.0 Å². The van der Waals surface area contributed by atoms with Crippen LogP contribution in [0.15, 0.2) is 76.2 Å². The maximum absolute atomic E-state index is 12.2. The molecule has 0 atom stereocenters. The Labute approximate surface area is 170 Å². The Morgan fingerprint density at radius 2 is 1.82 bits per heavy atom. The predicted molar refractivity (Wildman–Crippen MR) is 114 cm³/mol. The summed E-state index contributed by atoms with van der Waals surface area (Å²) in [6.07, 6.45) is -0.659. The first kappa shape index (κ1) is 18.4. The van der Waals surface area contributed by atoms with Crippen molar-refractivity contribution in [3.63, 3.8) is 0 Å². The summed E-state index contributed by atoms with van der Waals surface area (Å²) < 4.78 is 6.20. The average molecular weight is 436 g/mol. The SMILES string of the molecule is CNCc1cccc2c1[nH]c1cc(=NC(=O)Oc3ccc(Br)cc3)cccc12. The second-order valence-electron chi connectivity index (χ2n) is 6.35. The van der Waals surface area contributed by atoms with E-state index in [1.807, 2.05) is 37.4 Å². The molecule has 140 valence electrons. The molecule has 6 heteroatoms. The molecule has 0 bridgehead atoms. The van der Waals surface area contributed by atoms with Crippen molar-refractivity contribution < 1.29 is 9.53 Å². The zero-order valence-electron chi connectivity index (χ0n) is 15.2. The van der Waals surface area contributed by atoms with Gasteiger partial charge in [0.25, 0.3) is 0 Å². The molecule has 0 aliphatic rings. The topological polar surface area (TPSA) is 66.5 Å². The molecule has 0 aliphatic heterocycles. The standard InChI is InChI=1S/C22H18BrN3O2/c1-24-13-14-4-2-7-19-18-6-3-5-16(12-20(18)26-21(14)19)25-22(27)28-17-10-8-15(23)9-11-17/h2-12,24,26H,13H2,1H3. The maximum atomic E-state index is 12.2. The van der Waals surface area contributed by atoms with Crippen molar-refractivity contribution in [2.45, 2.75) is 6.54 Å². The van der Waals surface area contributed by atoms with E-state index in [1.165, 1.54) is 5.56 Å². The number of halogens is 1. The van der Waals surface area contributed by atoms with Crippen molar-refractivity contribution in [3.8, 4) is 5.75 Å². The molecule has 0 saturated carbocycles. The number of H-pyrrole nitrogens is 1. The van der Waals surface area contributed by atoms with E-state index in [9.17, 15) is 4.79 Å². The van der Waals surface area contributed by atoms with E-state index in [2.05, 4.69) is 49.4 Å². The van der Waals surface area contributed by atoms with Crippen LogP contribution in [-0.2, 0) is 6.54 Å². The third-order valence-electron chi connectivity index (χ3n) is 4.42. The third kappa shape index (κ3) is 3.83. The van der Waals surface area contributed by atoms with Gasteiger partial charge >= 0.3 is 6.09 Å². The lowest BCUT2D eigenvalue weighted by Crippen LogP contribution is -2.08. The molecule has 4 rings (SSSR count). The summed E-state index contributed by atoms with van der Waals surface area (Å²) in [7, 11) is 1.93. The normalized spacial score (nSPS) is 11.9. The number of ether oxygens (including phenoxy) is 1. The molecule has 0 unspecified atom stereocenters. The molecule has 0 saturated heterocycles. The van der Waals surface area contributed by atoms with Gasteiger partial charge in [-0.05, 0) is 49.0 Å². The molecule has 2 N–H and O–H groups in total. The number of para-hydroxylation sites is 1. The van der Waals surface area contributed by atoms with Crippen LogP contribution in [0.1, 0.15) is 5.56 Å². The number of fused-ring (bicyclic) bond motifs is 3. The number of amides is 1. The largest absolute Gasteiger partial charge is 0.439 e. The van der Waals surface area contributed by atoms with E-state index >= 15 is 0 Å². The summed E-state index contributed by atoms with van der Waals surface area (Å²) in [5.41, 5.74) is 3.19. The fraction of sp³-hybridized carbons (Fsp3) is 0.0909. The minimum atomic E-state index is -0.659. The minimum Gasteiger partial charge on any atom is -0.409 e. The van der Waals surface area contributed by atoms with Crippen LogP contribution in [0.25, 0.3) is 21.8 Å². The number of nitrogens with one attached hydrogen (secondary N) is 2. The van der Waals surface area contributed by atoms with Gasteiger partial charge in [-0.1, -0.05) is 46.3 Å². The van der Waals surface area contributed by atoms with Crippen molar-refractivity contribution in [3.05, 3.63) is 82.1 Å². The molecule has 28 heavy (non-hydrogen) atoms. The van der Waals surface area contributed by atoms with Crippen LogP contribution in [0.3, 0.4) is 0 Å². The Balaban J connectivity index is 1.74. The zero-order valence-corrected chi connectivity index (χ0v) is 16.8. The summed E-state index contributed by atoms with van der Waals surface area (Å²) in [6.45, 7) is 0.771. The molecule has 0 fully saturated rings. The Kier molecular flexibility index (Phi) is 5.23. The second-order valence-corrected chi connectivity index (χ2v) is 7.27. The van der Waals surface area contributed by atoms with Gasteiger partial charge in [0.2, 0.25) is 0 Å². The minimum absolute atomic E-state index is 0.449. The Morgan fingerprint density at radius 3 is 2.61 bits per heavy atom. The molecule has 1 aromatic heterocycles. The molecule has 1 amide bonds. The van der Waals surface area contributed by atoms with Gasteiger partial charge in [-0.15, -0.1) is 0 Å². The highest BCUT2D eigenvalue weighted by molar-refractivity contribution is 9.10. The number of hydrogen-bond donors (Lipinski definition) is 2. The highest BCUT2D eigenvalue weighted by Gasteiger charge is 2.07.